The van der Waals surface area contributed by atoms with Gasteiger partial charge in [0.15, 0.2) is 0 Å². The molecule has 2 aromatic rings. The van der Waals surface area contributed by atoms with E-state index in [1.54, 1.807) is 0 Å². The summed E-state index contributed by atoms with van der Waals surface area (Å²) in [5, 5.41) is 4.43. The van der Waals surface area contributed by atoms with Gasteiger partial charge in [-0.15, -0.1) is 0 Å². The Morgan fingerprint density at radius 3 is 2.89 bits per heavy atom. The molecule has 0 radical (unpaired) electrons. The van der Waals surface area contributed by atoms with E-state index >= 15 is 0 Å². The van der Waals surface area contributed by atoms with Crippen molar-refractivity contribution in [3.63, 3.8) is 0 Å². The minimum absolute atomic E-state index is 0.0139. The van der Waals surface area contributed by atoms with E-state index in [1.165, 1.54) is 0 Å². The normalized spacial score (nSPS) is 18.7. The van der Waals surface area contributed by atoms with Crippen molar-refractivity contribution >= 4 is 16.8 Å². The first-order valence-corrected chi connectivity index (χ1v) is 6.67. The summed E-state index contributed by atoms with van der Waals surface area (Å²) < 4.78 is 0. The Morgan fingerprint density at radius 1 is 1.32 bits per heavy atom. The quantitative estimate of drug-likeness (QED) is 0.821. The predicted molar refractivity (Wildman–Crippen MR) is 76.3 cm³/mol. The summed E-state index contributed by atoms with van der Waals surface area (Å²) in [6, 6.07) is 7.93. The number of carbonyl (C=O) groups is 1. The molecule has 2 heterocycles. The number of hydrogen-bond donors (Lipinski definition) is 2. The number of fused-ring (bicyclic) bond motifs is 1. The van der Waals surface area contributed by atoms with Crippen molar-refractivity contribution in [3.05, 3.63) is 36.0 Å². The molecule has 1 aromatic carbocycles. The molecule has 0 spiro atoms. The molecule has 1 aliphatic rings. The Bertz CT molecular complexity index is 615. The average Bonchev–Trinajstić information content (AvgIpc) is 2.80. The van der Waals surface area contributed by atoms with Crippen molar-refractivity contribution < 1.29 is 4.79 Å². The van der Waals surface area contributed by atoms with Crippen LogP contribution in [0.3, 0.4) is 0 Å². The first-order valence-electron chi connectivity index (χ1n) is 6.67. The van der Waals surface area contributed by atoms with Crippen molar-refractivity contribution in [1.29, 1.82) is 0 Å². The van der Waals surface area contributed by atoms with Crippen LogP contribution in [0.25, 0.3) is 10.9 Å². The second-order valence-electron chi connectivity index (χ2n) is 5.79. The standard InChI is InChI=1S/C15H19N3O/c1-15(2)10-18(8-7-17-15)14(19)12-9-16-13-6-4-3-5-11(12)13/h3-6,9,16-17H,7-8,10H2,1-2H3. The van der Waals surface area contributed by atoms with Crippen molar-refractivity contribution in [1.82, 2.24) is 15.2 Å². The van der Waals surface area contributed by atoms with E-state index < -0.39 is 0 Å². The summed E-state index contributed by atoms with van der Waals surface area (Å²) in [5.74, 6) is 0.118. The third-order valence-electron chi connectivity index (χ3n) is 3.68. The molecule has 0 atom stereocenters. The van der Waals surface area contributed by atoms with Gasteiger partial charge in [0, 0.05) is 42.3 Å². The number of para-hydroxylation sites is 1. The molecule has 3 rings (SSSR count). The van der Waals surface area contributed by atoms with Gasteiger partial charge in [-0.1, -0.05) is 18.2 Å². The molecule has 0 saturated carbocycles. The Balaban J connectivity index is 1.91. The zero-order valence-electron chi connectivity index (χ0n) is 11.4. The minimum Gasteiger partial charge on any atom is -0.360 e. The average molecular weight is 257 g/mol. The van der Waals surface area contributed by atoms with E-state index in [0.29, 0.717) is 0 Å². The van der Waals surface area contributed by atoms with Gasteiger partial charge in [-0.3, -0.25) is 4.79 Å². The molecule has 19 heavy (non-hydrogen) atoms. The van der Waals surface area contributed by atoms with Crippen LogP contribution in [-0.4, -0.2) is 41.0 Å². The number of aromatic nitrogens is 1. The van der Waals surface area contributed by atoms with Gasteiger partial charge in [-0.2, -0.15) is 0 Å². The maximum atomic E-state index is 12.6. The molecule has 1 aliphatic heterocycles. The molecule has 1 amide bonds. The van der Waals surface area contributed by atoms with E-state index in [9.17, 15) is 4.79 Å². The predicted octanol–water partition coefficient (Wildman–Crippen LogP) is 1.99. The molecular formula is C15H19N3O. The number of aromatic amines is 1. The maximum Gasteiger partial charge on any atom is 0.256 e. The fourth-order valence-corrected chi connectivity index (χ4v) is 2.73. The van der Waals surface area contributed by atoms with Crippen LogP contribution < -0.4 is 5.32 Å². The van der Waals surface area contributed by atoms with Gasteiger partial charge in [-0.25, -0.2) is 0 Å². The van der Waals surface area contributed by atoms with Gasteiger partial charge in [0.1, 0.15) is 0 Å². The molecule has 1 saturated heterocycles. The van der Waals surface area contributed by atoms with E-state index in [2.05, 4.69) is 24.1 Å². The second kappa shape index (κ2) is 4.38. The second-order valence-corrected chi connectivity index (χ2v) is 5.79. The summed E-state index contributed by atoms with van der Waals surface area (Å²) >= 11 is 0. The number of hydrogen-bond acceptors (Lipinski definition) is 2. The van der Waals surface area contributed by atoms with Gasteiger partial charge >= 0.3 is 0 Å². The molecule has 100 valence electrons. The number of benzene rings is 1. The Morgan fingerprint density at radius 2 is 2.11 bits per heavy atom. The molecule has 4 nitrogen and oxygen atoms in total. The van der Waals surface area contributed by atoms with Crippen molar-refractivity contribution in [3.8, 4) is 0 Å². The highest BCUT2D eigenvalue weighted by Crippen LogP contribution is 2.21. The van der Waals surface area contributed by atoms with Crippen molar-refractivity contribution in [2.75, 3.05) is 19.6 Å². The van der Waals surface area contributed by atoms with Gasteiger partial charge in [0.2, 0.25) is 0 Å². The maximum absolute atomic E-state index is 12.6. The van der Waals surface area contributed by atoms with Gasteiger partial charge < -0.3 is 15.2 Å². The first kappa shape index (κ1) is 12.2. The zero-order chi connectivity index (χ0) is 13.5. The van der Waals surface area contributed by atoms with Crippen LogP contribution in [0.2, 0.25) is 0 Å². The van der Waals surface area contributed by atoms with Gasteiger partial charge in [0.05, 0.1) is 5.56 Å². The third kappa shape index (κ3) is 2.24. The summed E-state index contributed by atoms with van der Waals surface area (Å²) in [7, 11) is 0. The summed E-state index contributed by atoms with van der Waals surface area (Å²) in [4.78, 5) is 17.7. The molecule has 4 heteroatoms. The van der Waals surface area contributed by atoms with E-state index in [0.717, 1.165) is 36.1 Å². The lowest BCUT2D eigenvalue weighted by Crippen LogP contribution is -2.58. The summed E-state index contributed by atoms with van der Waals surface area (Å²) in [5.41, 5.74) is 1.77. The number of amides is 1. The number of piperazine rings is 1. The molecular weight excluding hydrogens is 238 g/mol. The van der Waals surface area contributed by atoms with Crippen LogP contribution in [0, 0.1) is 0 Å². The lowest BCUT2D eigenvalue weighted by atomic mass is 10.0. The minimum atomic E-state index is -0.0139. The van der Waals surface area contributed by atoms with Crippen LogP contribution in [0.1, 0.15) is 24.2 Å². The van der Waals surface area contributed by atoms with Crippen LogP contribution in [0.15, 0.2) is 30.5 Å². The van der Waals surface area contributed by atoms with Crippen LogP contribution >= 0.6 is 0 Å². The number of nitrogens with one attached hydrogen (secondary N) is 2. The number of nitrogens with zero attached hydrogens (tertiary/aromatic N) is 1. The SMILES string of the molecule is CC1(C)CN(C(=O)c2c[nH]c3ccccc23)CCN1. The number of carbonyl (C=O) groups excluding carboxylic acids is 1. The lowest BCUT2D eigenvalue weighted by Gasteiger charge is -2.39. The van der Waals surface area contributed by atoms with E-state index in [4.69, 9.17) is 0 Å². The monoisotopic (exact) mass is 257 g/mol. The van der Waals surface area contributed by atoms with Crippen LogP contribution in [0.4, 0.5) is 0 Å². The smallest absolute Gasteiger partial charge is 0.256 e. The lowest BCUT2D eigenvalue weighted by molar-refractivity contribution is 0.0654. The van der Waals surface area contributed by atoms with Crippen LogP contribution in [0.5, 0.6) is 0 Å². The zero-order valence-corrected chi connectivity index (χ0v) is 11.4. The van der Waals surface area contributed by atoms with E-state index in [-0.39, 0.29) is 11.4 Å². The highest BCUT2D eigenvalue weighted by atomic mass is 16.2. The largest absolute Gasteiger partial charge is 0.360 e. The Hall–Kier alpha value is -1.81. The molecule has 1 aromatic heterocycles. The number of H-pyrrole nitrogens is 1. The van der Waals surface area contributed by atoms with Crippen molar-refractivity contribution in [2.45, 2.75) is 19.4 Å². The Kier molecular flexibility index (Phi) is 2.82. The number of rotatable bonds is 1. The first-order chi connectivity index (χ1) is 9.07. The third-order valence-corrected chi connectivity index (χ3v) is 3.68. The summed E-state index contributed by atoms with van der Waals surface area (Å²) in [6.45, 7) is 6.61. The molecule has 2 N–H and O–H groups in total. The van der Waals surface area contributed by atoms with Crippen molar-refractivity contribution in [2.24, 2.45) is 0 Å². The fourth-order valence-electron chi connectivity index (χ4n) is 2.73. The van der Waals surface area contributed by atoms with E-state index in [1.807, 2.05) is 35.4 Å². The molecule has 0 unspecified atom stereocenters. The van der Waals surface area contributed by atoms with Crippen LogP contribution in [-0.2, 0) is 0 Å². The fraction of sp³-hybridized carbons (Fsp3) is 0.400. The Labute approximate surface area is 112 Å². The topological polar surface area (TPSA) is 48.1 Å². The highest BCUT2D eigenvalue weighted by Gasteiger charge is 2.29. The highest BCUT2D eigenvalue weighted by molar-refractivity contribution is 6.06. The molecule has 0 bridgehead atoms. The molecule has 0 aliphatic carbocycles. The molecule has 1 fully saturated rings. The van der Waals surface area contributed by atoms with Gasteiger partial charge in [-0.05, 0) is 19.9 Å². The summed E-state index contributed by atoms with van der Waals surface area (Å²) in [6.07, 6.45) is 1.82. The van der Waals surface area contributed by atoms with Gasteiger partial charge in [0.25, 0.3) is 5.91 Å².